The summed E-state index contributed by atoms with van der Waals surface area (Å²) in [7, 11) is -1.64. The molecule has 0 aromatic heterocycles. The minimum Gasteiger partial charge on any atom is -0.384 e. The fraction of sp³-hybridized carbons (Fsp3) is 1.00. The van der Waals surface area contributed by atoms with Crippen LogP contribution in [0.25, 0.3) is 0 Å². The molecule has 0 aromatic rings. The lowest BCUT2D eigenvalue weighted by molar-refractivity contribution is 0.216. The molecule has 1 N–H and O–H groups in total. The monoisotopic (exact) mass is 313 g/mol. The molecule has 0 unspecified atom stereocenters. The van der Waals surface area contributed by atoms with Crippen LogP contribution in [0.5, 0.6) is 0 Å². The molecule has 1 fully saturated rings. The van der Waals surface area contributed by atoms with Crippen molar-refractivity contribution < 1.29 is 13.2 Å². The molecule has 4 nitrogen and oxygen atoms in total. The number of hydrogen-bond acceptors (Lipinski definition) is 3. The summed E-state index contributed by atoms with van der Waals surface area (Å²) in [6.45, 7) is 0.829. The van der Waals surface area contributed by atoms with E-state index in [1.54, 1.807) is 0 Å². The number of ether oxygens (including phenoxy) is 1. The van der Waals surface area contributed by atoms with Crippen LogP contribution in [-0.2, 0) is 14.8 Å². The molecule has 0 spiro atoms. The van der Waals surface area contributed by atoms with Crippen LogP contribution in [-0.4, -0.2) is 39.3 Å². The summed E-state index contributed by atoms with van der Waals surface area (Å²) >= 11 is 3.59. The predicted octanol–water partition coefficient (Wildman–Crippen LogP) is 1.51. The summed E-state index contributed by atoms with van der Waals surface area (Å²) in [5.41, 5.74) is 0. The quantitative estimate of drug-likeness (QED) is 0.756. The van der Waals surface area contributed by atoms with Gasteiger partial charge in [-0.1, -0.05) is 15.9 Å². The third-order valence-electron chi connectivity index (χ3n) is 2.92. The van der Waals surface area contributed by atoms with E-state index in [-0.39, 0.29) is 12.4 Å². The molecule has 1 aliphatic carbocycles. The highest BCUT2D eigenvalue weighted by Crippen LogP contribution is 2.28. The van der Waals surface area contributed by atoms with E-state index in [1.807, 2.05) is 0 Å². The van der Waals surface area contributed by atoms with Gasteiger partial charge in [-0.3, -0.25) is 0 Å². The lowest BCUT2D eigenvalue weighted by Crippen LogP contribution is -2.34. The Morgan fingerprint density at radius 1 is 1.31 bits per heavy atom. The minimum atomic E-state index is -3.14. The topological polar surface area (TPSA) is 55.4 Å². The second-order valence-corrected chi connectivity index (χ2v) is 7.50. The molecule has 1 saturated carbocycles. The van der Waals surface area contributed by atoms with Crippen molar-refractivity contribution in [2.24, 2.45) is 5.92 Å². The Hall–Kier alpha value is 0.350. The summed E-state index contributed by atoms with van der Waals surface area (Å²) in [6.07, 6.45) is 4.49. The number of methoxy groups -OCH3 is 1. The van der Waals surface area contributed by atoms with Crippen LogP contribution >= 0.6 is 15.9 Å². The molecule has 6 heteroatoms. The lowest BCUT2D eigenvalue weighted by Gasteiger charge is -2.25. The first-order valence-corrected chi connectivity index (χ1v) is 8.20. The molecule has 16 heavy (non-hydrogen) atoms. The fourth-order valence-corrected chi connectivity index (χ4v) is 3.38. The Bertz CT molecular complexity index is 286. The first-order chi connectivity index (χ1) is 7.53. The van der Waals surface area contributed by atoms with Crippen molar-refractivity contribution in [3.63, 3.8) is 0 Å². The van der Waals surface area contributed by atoms with Gasteiger partial charge in [0.25, 0.3) is 0 Å². The zero-order valence-corrected chi connectivity index (χ0v) is 12.0. The standard InChI is InChI=1S/C10H20BrNO3S/c1-15-6-7-16(13,14)12-8-9-2-4-10(11)5-3-9/h9-10,12H,2-8H2,1H3. The van der Waals surface area contributed by atoms with Gasteiger partial charge < -0.3 is 4.74 Å². The highest BCUT2D eigenvalue weighted by molar-refractivity contribution is 9.09. The normalized spacial score (nSPS) is 26.9. The average Bonchev–Trinajstić information content (AvgIpc) is 2.26. The smallest absolute Gasteiger partial charge is 0.213 e. The van der Waals surface area contributed by atoms with Gasteiger partial charge in [0.2, 0.25) is 10.0 Å². The number of rotatable bonds is 6. The molecule has 1 aliphatic rings. The Morgan fingerprint density at radius 3 is 2.50 bits per heavy atom. The van der Waals surface area contributed by atoms with Gasteiger partial charge in [-0.25, -0.2) is 13.1 Å². The van der Waals surface area contributed by atoms with E-state index in [9.17, 15) is 8.42 Å². The molecule has 0 amide bonds. The molecule has 0 atom stereocenters. The van der Waals surface area contributed by atoms with E-state index in [2.05, 4.69) is 20.7 Å². The van der Waals surface area contributed by atoms with E-state index < -0.39 is 10.0 Å². The van der Waals surface area contributed by atoms with Gasteiger partial charge in [0.15, 0.2) is 0 Å². The second kappa shape index (κ2) is 6.93. The van der Waals surface area contributed by atoms with Crippen molar-refractivity contribution in [1.82, 2.24) is 4.72 Å². The minimum absolute atomic E-state index is 0.0529. The van der Waals surface area contributed by atoms with Gasteiger partial charge >= 0.3 is 0 Å². The number of alkyl halides is 1. The van der Waals surface area contributed by atoms with Crippen LogP contribution in [0.3, 0.4) is 0 Å². The molecule has 0 heterocycles. The van der Waals surface area contributed by atoms with E-state index >= 15 is 0 Å². The Balaban J connectivity index is 2.23. The van der Waals surface area contributed by atoms with Crippen molar-refractivity contribution in [2.75, 3.05) is 26.0 Å². The number of halogens is 1. The Morgan fingerprint density at radius 2 is 1.94 bits per heavy atom. The maximum atomic E-state index is 11.5. The third-order valence-corrected chi connectivity index (χ3v) is 5.15. The number of nitrogens with one attached hydrogen (secondary N) is 1. The van der Waals surface area contributed by atoms with Gasteiger partial charge in [0.05, 0.1) is 12.4 Å². The molecule has 0 aliphatic heterocycles. The van der Waals surface area contributed by atoms with Crippen molar-refractivity contribution in [3.05, 3.63) is 0 Å². The SMILES string of the molecule is COCCS(=O)(=O)NCC1CCC(Br)CC1. The van der Waals surface area contributed by atoms with E-state index in [0.717, 1.165) is 25.7 Å². The molecular formula is C10H20BrNO3S. The van der Waals surface area contributed by atoms with Crippen molar-refractivity contribution in [3.8, 4) is 0 Å². The van der Waals surface area contributed by atoms with Crippen LogP contribution < -0.4 is 4.72 Å². The van der Waals surface area contributed by atoms with Gasteiger partial charge in [-0.15, -0.1) is 0 Å². The molecule has 0 aromatic carbocycles. The maximum absolute atomic E-state index is 11.5. The zero-order valence-electron chi connectivity index (χ0n) is 9.62. The van der Waals surface area contributed by atoms with Gasteiger partial charge in [-0.05, 0) is 31.6 Å². The summed E-state index contributed by atoms with van der Waals surface area (Å²) in [5, 5.41) is 0. The average molecular weight is 314 g/mol. The van der Waals surface area contributed by atoms with Gasteiger partial charge in [-0.2, -0.15) is 0 Å². The van der Waals surface area contributed by atoms with Crippen LogP contribution in [0.4, 0.5) is 0 Å². The van der Waals surface area contributed by atoms with E-state index in [4.69, 9.17) is 4.74 Å². The van der Waals surface area contributed by atoms with E-state index in [0.29, 0.717) is 17.3 Å². The van der Waals surface area contributed by atoms with Crippen molar-refractivity contribution in [2.45, 2.75) is 30.5 Å². The summed E-state index contributed by atoms with van der Waals surface area (Å²) < 4.78 is 30.4. The largest absolute Gasteiger partial charge is 0.384 e. The summed E-state index contributed by atoms with van der Waals surface area (Å²) in [4.78, 5) is 0.619. The molecule has 0 saturated heterocycles. The zero-order chi connectivity index (χ0) is 12.0. The van der Waals surface area contributed by atoms with Crippen molar-refractivity contribution >= 4 is 26.0 Å². The molecule has 0 radical (unpaired) electrons. The highest BCUT2D eigenvalue weighted by atomic mass is 79.9. The highest BCUT2D eigenvalue weighted by Gasteiger charge is 2.20. The summed E-state index contributed by atoms with van der Waals surface area (Å²) in [5.74, 6) is 0.545. The second-order valence-electron chi connectivity index (χ2n) is 4.28. The molecular weight excluding hydrogens is 294 g/mol. The molecule has 0 bridgehead atoms. The first-order valence-electron chi connectivity index (χ1n) is 5.64. The molecule has 96 valence electrons. The van der Waals surface area contributed by atoms with Crippen LogP contribution in [0.1, 0.15) is 25.7 Å². The van der Waals surface area contributed by atoms with Gasteiger partial charge in [0, 0.05) is 18.5 Å². The maximum Gasteiger partial charge on any atom is 0.213 e. The lowest BCUT2D eigenvalue weighted by atomic mass is 9.89. The predicted molar refractivity (Wildman–Crippen MR) is 68.3 cm³/mol. The number of sulfonamides is 1. The number of hydrogen-bond donors (Lipinski definition) is 1. The van der Waals surface area contributed by atoms with Crippen LogP contribution in [0, 0.1) is 5.92 Å². The fourth-order valence-electron chi connectivity index (χ4n) is 1.84. The molecule has 1 rings (SSSR count). The van der Waals surface area contributed by atoms with Gasteiger partial charge in [0.1, 0.15) is 0 Å². The Labute approximate surface area is 106 Å². The third kappa shape index (κ3) is 5.61. The van der Waals surface area contributed by atoms with Crippen LogP contribution in [0.15, 0.2) is 0 Å². The summed E-state index contributed by atoms with van der Waals surface area (Å²) in [6, 6.07) is 0. The van der Waals surface area contributed by atoms with Crippen molar-refractivity contribution in [1.29, 1.82) is 0 Å². The van der Waals surface area contributed by atoms with E-state index in [1.165, 1.54) is 7.11 Å². The van der Waals surface area contributed by atoms with Crippen LogP contribution in [0.2, 0.25) is 0 Å². The Kier molecular flexibility index (Phi) is 6.25. The first kappa shape index (κ1) is 14.4.